The second-order valence-corrected chi connectivity index (χ2v) is 5.40. The summed E-state index contributed by atoms with van der Waals surface area (Å²) in [6.07, 6.45) is 0. The predicted octanol–water partition coefficient (Wildman–Crippen LogP) is 4.05. The number of amides is 1. The summed E-state index contributed by atoms with van der Waals surface area (Å²) >= 11 is 0. The van der Waals surface area contributed by atoms with E-state index in [-0.39, 0.29) is 5.91 Å². The van der Waals surface area contributed by atoms with Crippen LogP contribution in [-0.4, -0.2) is 10.5 Å². The van der Waals surface area contributed by atoms with Crippen molar-refractivity contribution in [1.29, 1.82) is 0 Å². The number of nitrogens with zero attached hydrogens (tertiary/aromatic N) is 1. The maximum Gasteiger partial charge on any atom is 0.272 e. The van der Waals surface area contributed by atoms with Crippen LogP contribution in [0.3, 0.4) is 0 Å². The number of fused-ring (bicyclic) bond motifs is 1. The lowest BCUT2D eigenvalue weighted by Crippen LogP contribution is -2.15. The molecule has 0 aliphatic rings. The fourth-order valence-corrected chi connectivity index (χ4v) is 2.52. The molecule has 21 heavy (non-hydrogen) atoms. The molecule has 0 fully saturated rings. The largest absolute Gasteiger partial charge is 0.340 e. The van der Waals surface area contributed by atoms with Gasteiger partial charge in [-0.25, -0.2) is 0 Å². The smallest absolute Gasteiger partial charge is 0.272 e. The number of anilines is 1. The van der Waals surface area contributed by atoms with Crippen LogP contribution in [0.5, 0.6) is 0 Å². The van der Waals surface area contributed by atoms with Crippen molar-refractivity contribution in [3.8, 4) is 0 Å². The van der Waals surface area contributed by atoms with Gasteiger partial charge in [0, 0.05) is 23.6 Å². The van der Waals surface area contributed by atoms with Gasteiger partial charge in [0.1, 0.15) is 5.69 Å². The summed E-state index contributed by atoms with van der Waals surface area (Å²) < 4.78 is 1.92. The molecule has 0 aliphatic heterocycles. The molecule has 0 aliphatic carbocycles. The predicted molar refractivity (Wildman–Crippen MR) is 86.8 cm³/mol. The zero-order chi connectivity index (χ0) is 15.0. The van der Waals surface area contributed by atoms with Crippen molar-refractivity contribution in [1.82, 2.24) is 4.57 Å². The normalized spacial score (nSPS) is 10.8. The minimum atomic E-state index is -0.0862. The van der Waals surface area contributed by atoms with Crippen molar-refractivity contribution in [2.24, 2.45) is 7.05 Å². The highest BCUT2D eigenvalue weighted by molar-refractivity contribution is 6.06. The van der Waals surface area contributed by atoms with Crippen LogP contribution in [0.15, 0.2) is 48.5 Å². The Hall–Kier alpha value is -2.55. The fourth-order valence-electron chi connectivity index (χ4n) is 2.52. The Morgan fingerprint density at radius 2 is 1.76 bits per heavy atom. The summed E-state index contributed by atoms with van der Waals surface area (Å²) in [5.74, 6) is -0.0862. The molecule has 106 valence electrons. The van der Waals surface area contributed by atoms with Crippen molar-refractivity contribution >= 4 is 22.5 Å². The minimum absolute atomic E-state index is 0.0862. The van der Waals surface area contributed by atoms with E-state index in [9.17, 15) is 4.79 Å². The van der Waals surface area contributed by atoms with Crippen LogP contribution >= 0.6 is 0 Å². The zero-order valence-electron chi connectivity index (χ0n) is 12.5. The number of carbonyl (C=O) groups excluding carboxylic acids is 1. The standard InChI is InChI=1S/C18H18N2O/c1-12-8-9-15(10-13(12)2)19-18(21)17-11-14-6-4-5-7-16(14)20(17)3/h4-11H,1-3H3,(H,19,21). The lowest BCUT2D eigenvalue weighted by molar-refractivity contribution is 0.102. The van der Waals surface area contributed by atoms with E-state index in [4.69, 9.17) is 0 Å². The van der Waals surface area contributed by atoms with Crippen LogP contribution in [0.1, 0.15) is 21.6 Å². The van der Waals surface area contributed by atoms with Crippen LogP contribution < -0.4 is 5.32 Å². The van der Waals surface area contributed by atoms with Gasteiger partial charge in [-0.15, -0.1) is 0 Å². The Morgan fingerprint density at radius 1 is 1.00 bits per heavy atom. The summed E-state index contributed by atoms with van der Waals surface area (Å²) in [6.45, 7) is 4.10. The van der Waals surface area contributed by atoms with Crippen LogP contribution in [-0.2, 0) is 7.05 Å². The average Bonchev–Trinajstić information content (AvgIpc) is 2.81. The molecular formula is C18H18N2O. The third-order valence-corrected chi connectivity index (χ3v) is 3.95. The molecule has 1 N–H and O–H groups in total. The van der Waals surface area contributed by atoms with Crippen molar-refractivity contribution in [3.63, 3.8) is 0 Å². The highest BCUT2D eigenvalue weighted by Gasteiger charge is 2.13. The summed E-state index contributed by atoms with van der Waals surface area (Å²) in [6, 6.07) is 15.9. The first-order valence-electron chi connectivity index (χ1n) is 6.99. The fraction of sp³-hybridized carbons (Fsp3) is 0.167. The molecule has 0 saturated heterocycles. The molecule has 3 aromatic rings. The van der Waals surface area contributed by atoms with E-state index in [1.54, 1.807) is 0 Å². The second kappa shape index (κ2) is 5.09. The van der Waals surface area contributed by atoms with E-state index in [0.29, 0.717) is 5.69 Å². The molecule has 0 saturated carbocycles. The first-order chi connectivity index (χ1) is 10.1. The van der Waals surface area contributed by atoms with Gasteiger partial charge >= 0.3 is 0 Å². The van der Waals surface area contributed by atoms with Crippen LogP contribution in [0.25, 0.3) is 10.9 Å². The highest BCUT2D eigenvalue weighted by Crippen LogP contribution is 2.20. The quantitative estimate of drug-likeness (QED) is 0.754. The molecule has 1 aromatic heterocycles. The Morgan fingerprint density at radius 3 is 2.48 bits per heavy atom. The van der Waals surface area contributed by atoms with Crippen molar-refractivity contribution in [2.75, 3.05) is 5.32 Å². The number of para-hydroxylation sites is 1. The summed E-state index contributed by atoms with van der Waals surface area (Å²) in [7, 11) is 1.91. The third kappa shape index (κ3) is 2.42. The van der Waals surface area contributed by atoms with E-state index in [2.05, 4.69) is 12.2 Å². The van der Waals surface area contributed by atoms with Gasteiger partial charge in [0.05, 0.1) is 0 Å². The summed E-state index contributed by atoms with van der Waals surface area (Å²) in [5.41, 5.74) is 4.94. The maximum atomic E-state index is 12.5. The molecule has 3 rings (SSSR count). The molecule has 1 heterocycles. The molecule has 3 heteroatoms. The van der Waals surface area contributed by atoms with Gasteiger partial charge in [-0.05, 0) is 49.2 Å². The maximum absolute atomic E-state index is 12.5. The Labute approximate surface area is 124 Å². The van der Waals surface area contributed by atoms with Gasteiger partial charge in [-0.1, -0.05) is 24.3 Å². The number of aromatic nitrogens is 1. The molecule has 0 atom stereocenters. The number of rotatable bonds is 2. The van der Waals surface area contributed by atoms with E-state index >= 15 is 0 Å². The summed E-state index contributed by atoms with van der Waals surface area (Å²) in [4.78, 5) is 12.5. The van der Waals surface area contributed by atoms with Crippen LogP contribution in [0.2, 0.25) is 0 Å². The number of benzene rings is 2. The van der Waals surface area contributed by atoms with E-state index in [1.807, 2.05) is 67.1 Å². The Balaban J connectivity index is 1.93. The molecule has 0 radical (unpaired) electrons. The van der Waals surface area contributed by atoms with Crippen molar-refractivity contribution in [3.05, 3.63) is 65.4 Å². The van der Waals surface area contributed by atoms with Gasteiger partial charge in [-0.2, -0.15) is 0 Å². The molecule has 2 aromatic carbocycles. The van der Waals surface area contributed by atoms with Gasteiger partial charge in [0.2, 0.25) is 0 Å². The molecule has 3 nitrogen and oxygen atoms in total. The van der Waals surface area contributed by atoms with Gasteiger partial charge in [0.25, 0.3) is 5.91 Å². The van der Waals surface area contributed by atoms with Crippen molar-refractivity contribution < 1.29 is 4.79 Å². The first kappa shape index (κ1) is 13.4. The average molecular weight is 278 g/mol. The monoisotopic (exact) mass is 278 g/mol. The van der Waals surface area contributed by atoms with Crippen LogP contribution in [0.4, 0.5) is 5.69 Å². The lowest BCUT2D eigenvalue weighted by Gasteiger charge is -2.08. The lowest BCUT2D eigenvalue weighted by atomic mass is 10.1. The molecular weight excluding hydrogens is 260 g/mol. The van der Waals surface area contributed by atoms with Gasteiger partial charge in [0.15, 0.2) is 0 Å². The van der Waals surface area contributed by atoms with Gasteiger partial charge < -0.3 is 9.88 Å². The van der Waals surface area contributed by atoms with Crippen LogP contribution in [0, 0.1) is 13.8 Å². The number of carbonyl (C=O) groups is 1. The molecule has 0 spiro atoms. The Bertz CT molecular complexity index is 830. The number of hydrogen-bond acceptors (Lipinski definition) is 1. The van der Waals surface area contributed by atoms with E-state index in [1.165, 1.54) is 11.1 Å². The number of hydrogen-bond donors (Lipinski definition) is 1. The van der Waals surface area contributed by atoms with Gasteiger partial charge in [-0.3, -0.25) is 4.79 Å². The first-order valence-corrected chi connectivity index (χ1v) is 6.99. The molecule has 1 amide bonds. The van der Waals surface area contributed by atoms with Crippen molar-refractivity contribution in [2.45, 2.75) is 13.8 Å². The molecule has 0 bridgehead atoms. The van der Waals surface area contributed by atoms with E-state index in [0.717, 1.165) is 16.6 Å². The third-order valence-electron chi connectivity index (χ3n) is 3.95. The molecule has 0 unspecified atom stereocenters. The van der Waals surface area contributed by atoms with E-state index < -0.39 is 0 Å². The highest BCUT2D eigenvalue weighted by atomic mass is 16.1. The topological polar surface area (TPSA) is 34.0 Å². The zero-order valence-corrected chi connectivity index (χ0v) is 12.5. The number of aryl methyl sites for hydroxylation is 3. The second-order valence-electron chi connectivity index (χ2n) is 5.40. The minimum Gasteiger partial charge on any atom is -0.340 e. The number of nitrogens with one attached hydrogen (secondary N) is 1. The summed E-state index contributed by atoms with van der Waals surface area (Å²) in [5, 5.41) is 4.04. The Kier molecular flexibility index (Phi) is 3.26. The SMILES string of the molecule is Cc1ccc(NC(=O)c2cc3ccccc3n2C)cc1C.